The van der Waals surface area contributed by atoms with Gasteiger partial charge in [0.05, 0.1) is 9.79 Å². The first-order valence-corrected chi connectivity index (χ1v) is 10.8. The van der Waals surface area contributed by atoms with Crippen molar-refractivity contribution in [3.8, 4) is 11.8 Å². The van der Waals surface area contributed by atoms with Crippen LogP contribution in [0.3, 0.4) is 0 Å². The second-order valence-corrected chi connectivity index (χ2v) is 10.7. The van der Waals surface area contributed by atoms with Crippen LogP contribution in [-0.2, 0) is 19.7 Å². The van der Waals surface area contributed by atoms with Crippen molar-refractivity contribution < 1.29 is 16.8 Å². The SMILES string of the molecule is CC(C)(C)C#CC=C(S(=O)(=O)c1ccccc1)S(=O)(=O)c1ccccc1. The van der Waals surface area contributed by atoms with Crippen molar-refractivity contribution in [1.82, 2.24) is 0 Å². The fraction of sp³-hybridized carbons (Fsp3) is 0.200. The summed E-state index contributed by atoms with van der Waals surface area (Å²) in [5, 5.41) is 0. The van der Waals surface area contributed by atoms with E-state index in [-0.39, 0.29) is 9.79 Å². The van der Waals surface area contributed by atoms with Crippen molar-refractivity contribution in [2.24, 2.45) is 5.41 Å². The number of benzene rings is 2. The zero-order valence-corrected chi connectivity index (χ0v) is 16.4. The van der Waals surface area contributed by atoms with Crippen molar-refractivity contribution in [2.45, 2.75) is 30.6 Å². The number of sulfone groups is 2. The summed E-state index contributed by atoms with van der Waals surface area (Å²) < 4.78 is 51.2. The average molecular weight is 389 g/mol. The third-order valence-electron chi connectivity index (χ3n) is 3.27. The van der Waals surface area contributed by atoms with Crippen LogP contribution in [0.5, 0.6) is 0 Å². The highest BCUT2D eigenvalue weighted by Gasteiger charge is 2.33. The summed E-state index contributed by atoms with van der Waals surface area (Å²) in [6.45, 7) is 5.56. The molecule has 0 N–H and O–H groups in total. The van der Waals surface area contributed by atoms with Crippen LogP contribution in [0.2, 0.25) is 0 Å². The molecule has 26 heavy (non-hydrogen) atoms. The largest absolute Gasteiger partial charge is 0.218 e. The van der Waals surface area contributed by atoms with E-state index < -0.39 is 29.3 Å². The van der Waals surface area contributed by atoms with Gasteiger partial charge in [0, 0.05) is 11.5 Å². The van der Waals surface area contributed by atoms with Crippen LogP contribution < -0.4 is 0 Å². The van der Waals surface area contributed by atoms with E-state index in [0.29, 0.717) is 0 Å². The molecule has 2 aromatic rings. The van der Waals surface area contributed by atoms with E-state index in [9.17, 15) is 16.8 Å². The van der Waals surface area contributed by atoms with Crippen LogP contribution in [-0.4, -0.2) is 16.8 Å². The Kier molecular flexibility index (Phi) is 5.74. The molecule has 0 aliphatic carbocycles. The molecule has 0 atom stereocenters. The number of hydrogen-bond donors (Lipinski definition) is 0. The van der Waals surface area contributed by atoms with Gasteiger partial charge in [0.15, 0.2) is 4.24 Å². The highest BCUT2D eigenvalue weighted by Crippen LogP contribution is 2.28. The van der Waals surface area contributed by atoms with Crippen LogP contribution in [0.4, 0.5) is 0 Å². The molecule has 0 radical (unpaired) electrons. The van der Waals surface area contributed by atoms with Gasteiger partial charge in [-0.2, -0.15) is 0 Å². The number of rotatable bonds is 4. The molecule has 0 heterocycles. The van der Waals surface area contributed by atoms with E-state index in [4.69, 9.17) is 0 Å². The van der Waals surface area contributed by atoms with Gasteiger partial charge in [0.2, 0.25) is 19.7 Å². The fourth-order valence-electron chi connectivity index (χ4n) is 2.04. The van der Waals surface area contributed by atoms with Gasteiger partial charge in [-0.3, -0.25) is 0 Å². The highest BCUT2D eigenvalue weighted by atomic mass is 32.3. The monoisotopic (exact) mass is 388 g/mol. The quantitative estimate of drug-likeness (QED) is 0.747. The van der Waals surface area contributed by atoms with Crippen molar-refractivity contribution in [3.63, 3.8) is 0 Å². The van der Waals surface area contributed by atoms with E-state index in [1.54, 1.807) is 36.4 Å². The first-order chi connectivity index (χ1) is 12.0. The van der Waals surface area contributed by atoms with Crippen molar-refractivity contribution in [3.05, 3.63) is 71.0 Å². The maximum atomic E-state index is 13.0. The minimum atomic E-state index is -4.25. The maximum absolute atomic E-state index is 13.0. The van der Waals surface area contributed by atoms with E-state index in [2.05, 4.69) is 11.8 Å². The van der Waals surface area contributed by atoms with Crippen molar-refractivity contribution >= 4 is 19.7 Å². The molecule has 0 aromatic heterocycles. The normalized spacial score (nSPS) is 12.0. The lowest BCUT2D eigenvalue weighted by molar-refractivity contribution is 0.571. The molecule has 0 aliphatic heterocycles. The molecule has 6 heteroatoms. The first-order valence-electron chi connectivity index (χ1n) is 7.88. The summed E-state index contributed by atoms with van der Waals surface area (Å²) in [7, 11) is -8.51. The summed E-state index contributed by atoms with van der Waals surface area (Å²) in [5.74, 6) is 5.45. The van der Waals surface area contributed by atoms with Crippen LogP contribution in [0.15, 0.2) is 80.8 Å². The van der Waals surface area contributed by atoms with E-state index in [0.717, 1.165) is 6.08 Å². The summed E-state index contributed by atoms with van der Waals surface area (Å²) in [6.07, 6.45) is 0.982. The van der Waals surface area contributed by atoms with Crippen LogP contribution in [0, 0.1) is 17.3 Å². The molecule has 0 spiro atoms. The predicted molar refractivity (Wildman–Crippen MR) is 103 cm³/mol. The van der Waals surface area contributed by atoms with Crippen LogP contribution in [0.25, 0.3) is 0 Å². The highest BCUT2D eigenvalue weighted by molar-refractivity contribution is 8.14. The number of hydrogen-bond acceptors (Lipinski definition) is 4. The van der Waals surface area contributed by atoms with Gasteiger partial charge in [-0.1, -0.05) is 48.2 Å². The van der Waals surface area contributed by atoms with Gasteiger partial charge >= 0.3 is 0 Å². The van der Waals surface area contributed by atoms with Crippen molar-refractivity contribution in [2.75, 3.05) is 0 Å². The lowest BCUT2D eigenvalue weighted by atomic mass is 9.98. The Balaban J connectivity index is 2.72. The number of allylic oxidation sites excluding steroid dienone is 1. The van der Waals surface area contributed by atoms with E-state index in [1.807, 2.05) is 20.8 Å². The molecular weight excluding hydrogens is 368 g/mol. The maximum Gasteiger partial charge on any atom is 0.218 e. The first kappa shape index (κ1) is 20.0. The van der Waals surface area contributed by atoms with Gasteiger partial charge in [0.1, 0.15) is 0 Å². The molecule has 4 nitrogen and oxygen atoms in total. The van der Waals surface area contributed by atoms with Crippen LogP contribution in [0.1, 0.15) is 20.8 Å². The summed E-state index contributed by atoms with van der Waals surface area (Å²) in [5.41, 5.74) is -0.394. The Bertz CT molecular complexity index is 992. The second-order valence-electron chi connectivity index (χ2n) is 6.62. The molecule has 0 saturated carbocycles. The standard InChI is InChI=1S/C20H20O4S2/c1-20(2,3)16-10-15-19(25(21,22)17-11-6-4-7-12-17)26(23,24)18-13-8-5-9-14-18/h4-9,11-15H,1-3H3. The minimum absolute atomic E-state index is 0.0942. The van der Waals surface area contributed by atoms with Gasteiger partial charge < -0.3 is 0 Å². The third-order valence-corrected chi connectivity index (χ3v) is 7.67. The summed E-state index contributed by atoms with van der Waals surface area (Å²) in [4.78, 5) is -0.188. The molecule has 0 unspecified atom stereocenters. The van der Waals surface area contributed by atoms with Gasteiger partial charge in [-0.15, -0.1) is 0 Å². The predicted octanol–water partition coefficient (Wildman–Crippen LogP) is 3.83. The minimum Gasteiger partial charge on any atom is -0.218 e. The summed E-state index contributed by atoms with van der Waals surface area (Å²) in [6, 6.07) is 14.9. The average Bonchev–Trinajstić information content (AvgIpc) is 2.59. The van der Waals surface area contributed by atoms with Gasteiger partial charge in [-0.05, 0) is 45.0 Å². The molecule has 0 amide bonds. The van der Waals surface area contributed by atoms with Gasteiger partial charge in [-0.25, -0.2) is 16.8 Å². The summed E-state index contributed by atoms with van der Waals surface area (Å²) >= 11 is 0. The van der Waals surface area contributed by atoms with E-state index >= 15 is 0 Å². The Labute approximate surface area is 155 Å². The topological polar surface area (TPSA) is 68.3 Å². The zero-order chi connectivity index (χ0) is 19.4. The Morgan fingerprint density at radius 3 is 1.50 bits per heavy atom. The Morgan fingerprint density at radius 1 is 0.769 bits per heavy atom. The smallest absolute Gasteiger partial charge is 0.218 e. The zero-order valence-electron chi connectivity index (χ0n) is 14.8. The molecule has 0 fully saturated rings. The van der Waals surface area contributed by atoms with E-state index in [1.165, 1.54) is 24.3 Å². The lowest BCUT2D eigenvalue weighted by Crippen LogP contribution is -2.15. The molecule has 136 valence electrons. The van der Waals surface area contributed by atoms with Gasteiger partial charge in [0.25, 0.3) is 0 Å². The molecule has 2 aromatic carbocycles. The van der Waals surface area contributed by atoms with Crippen LogP contribution >= 0.6 is 0 Å². The molecule has 0 aliphatic rings. The molecule has 0 bridgehead atoms. The molecule has 0 saturated heterocycles. The lowest BCUT2D eigenvalue weighted by Gasteiger charge is -2.10. The molecule has 2 rings (SSSR count). The third kappa shape index (κ3) is 4.63. The Morgan fingerprint density at radius 2 is 1.15 bits per heavy atom. The molecular formula is C20H20O4S2. The Hall–Kier alpha value is -2.36. The van der Waals surface area contributed by atoms with Crippen molar-refractivity contribution in [1.29, 1.82) is 0 Å². The second kappa shape index (κ2) is 7.48. The fourth-order valence-corrected chi connectivity index (χ4v) is 5.70.